The van der Waals surface area contributed by atoms with Gasteiger partial charge >= 0.3 is 0 Å². The maximum atomic E-state index is 12.3. The van der Waals surface area contributed by atoms with Gasteiger partial charge in [0, 0.05) is 12.0 Å². The van der Waals surface area contributed by atoms with Crippen molar-refractivity contribution < 1.29 is 14.3 Å². The summed E-state index contributed by atoms with van der Waals surface area (Å²) in [5.41, 5.74) is 3.46. The number of hydrogen-bond acceptors (Lipinski definition) is 4. The smallest absolute Gasteiger partial charge is 0.261 e. The number of hydrogen-bond donors (Lipinski definition) is 1. The van der Waals surface area contributed by atoms with E-state index >= 15 is 0 Å². The normalized spacial score (nSPS) is 21.8. The zero-order valence-electron chi connectivity index (χ0n) is 12.8. The summed E-state index contributed by atoms with van der Waals surface area (Å²) in [4.78, 5) is 13.0. The largest absolute Gasteiger partial charge is 0.493 e. The van der Waals surface area contributed by atoms with E-state index in [0.29, 0.717) is 10.1 Å². The number of methoxy groups -OCH3 is 2. The van der Waals surface area contributed by atoms with Crippen LogP contribution in [-0.2, 0) is 6.42 Å². The maximum Gasteiger partial charge on any atom is 0.261 e. The number of halogens is 1. The van der Waals surface area contributed by atoms with E-state index in [4.69, 9.17) is 21.1 Å². The van der Waals surface area contributed by atoms with Crippen molar-refractivity contribution in [2.75, 3.05) is 14.2 Å². The SMILES string of the molecule is COc1cc2c(cc1OC)[C@@H]1c3cc(Cl)sc3C(=O)N[C@H]1CC2. The molecule has 0 saturated heterocycles. The second kappa shape index (κ2) is 5.42. The van der Waals surface area contributed by atoms with Crippen LogP contribution in [0.15, 0.2) is 18.2 Å². The van der Waals surface area contributed by atoms with Gasteiger partial charge in [-0.3, -0.25) is 4.79 Å². The number of carbonyl (C=O) groups excluding carboxylic acids is 1. The fourth-order valence-corrected chi connectivity index (χ4v) is 4.88. The number of carbonyl (C=O) groups is 1. The highest BCUT2D eigenvalue weighted by molar-refractivity contribution is 7.18. The molecule has 4 rings (SSSR count). The predicted octanol–water partition coefficient (Wildman–Crippen LogP) is 3.61. The molecule has 6 heteroatoms. The molecular weight excluding hydrogens is 334 g/mol. The minimum atomic E-state index is -0.0120. The van der Waals surface area contributed by atoms with Gasteiger partial charge in [-0.25, -0.2) is 0 Å². The number of rotatable bonds is 2. The maximum absolute atomic E-state index is 12.3. The lowest BCUT2D eigenvalue weighted by Crippen LogP contribution is -2.46. The summed E-state index contributed by atoms with van der Waals surface area (Å²) in [6.07, 6.45) is 1.82. The van der Waals surface area contributed by atoms with Gasteiger partial charge in [0.1, 0.15) is 0 Å². The monoisotopic (exact) mass is 349 g/mol. The molecule has 0 spiro atoms. The van der Waals surface area contributed by atoms with Crippen molar-refractivity contribution in [3.63, 3.8) is 0 Å². The molecule has 2 heterocycles. The molecular formula is C17H16ClNO3S. The Labute approximate surface area is 143 Å². The van der Waals surface area contributed by atoms with Gasteiger partial charge in [-0.15, -0.1) is 11.3 Å². The van der Waals surface area contributed by atoms with Gasteiger partial charge in [0.25, 0.3) is 5.91 Å². The van der Waals surface area contributed by atoms with Crippen molar-refractivity contribution in [2.24, 2.45) is 0 Å². The molecule has 0 unspecified atom stereocenters. The van der Waals surface area contributed by atoms with Gasteiger partial charge in [-0.2, -0.15) is 0 Å². The summed E-state index contributed by atoms with van der Waals surface area (Å²) < 4.78 is 11.5. The second-order valence-electron chi connectivity index (χ2n) is 5.84. The van der Waals surface area contributed by atoms with Crippen LogP contribution in [0, 0.1) is 0 Å². The molecule has 120 valence electrons. The van der Waals surface area contributed by atoms with Crippen LogP contribution in [-0.4, -0.2) is 26.2 Å². The number of ether oxygens (including phenoxy) is 2. The first kappa shape index (κ1) is 14.8. The number of thiophene rings is 1. The molecule has 0 radical (unpaired) electrons. The number of fused-ring (bicyclic) bond motifs is 5. The van der Waals surface area contributed by atoms with E-state index in [9.17, 15) is 4.79 Å². The van der Waals surface area contributed by atoms with Gasteiger partial charge < -0.3 is 14.8 Å². The van der Waals surface area contributed by atoms with Crippen LogP contribution in [0.25, 0.3) is 0 Å². The van der Waals surface area contributed by atoms with Gasteiger partial charge in [0.05, 0.1) is 23.4 Å². The van der Waals surface area contributed by atoms with E-state index in [1.54, 1.807) is 14.2 Å². The lowest BCUT2D eigenvalue weighted by Gasteiger charge is -2.37. The molecule has 2 aliphatic rings. The van der Waals surface area contributed by atoms with Crippen LogP contribution in [0.3, 0.4) is 0 Å². The Kier molecular flexibility index (Phi) is 3.50. The second-order valence-corrected chi connectivity index (χ2v) is 7.52. The molecule has 23 heavy (non-hydrogen) atoms. The van der Waals surface area contributed by atoms with E-state index in [-0.39, 0.29) is 17.9 Å². The van der Waals surface area contributed by atoms with Crippen LogP contribution < -0.4 is 14.8 Å². The predicted molar refractivity (Wildman–Crippen MR) is 90.3 cm³/mol. The van der Waals surface area contributed by atoms with E-state index in [1.807, 2.05) is 12.1 Å². The zero-order chi connectivity index (χ0) is 16.1. The minimum absolute atomic E-state index is 0.0120. The van der Waals surface area contributed by atoms with Gasteiger partial charge in [-0.1, -0.05) is 11.6 Å². The van der Waals surface area contributed by atoms with E-state index in [0.717, 1.165) is 29.0 Å². The number of amides is 1. The van der Waals surface area contributed by atoms with E-state index in [2.05, 4.69) is 11.4 Å². The van der Waals surface area contributed by atoms with Crippen molar-refractivity contribution in [1.29, 1.82) is 0 Å². The van der Waals surface area contributed by atoms with Crippen molar-refractivity contribution in [2.45, 2.75) is 24.8 Å². The molecule has 1 amide bonds. The average molecular weight is 350 g/mol. The van der Waals surface area contributed by atoms with Crippen LogP contribution >= 0.6 is 22.9 Å². The lowest BCUT2D eigenvalue weighted by atomic mass is 9.74. The van der Waals surface area contributed by atoms with Crippen LogP contribution in [0.4, 0.5) is 0 Å². The van der Waals surface area contributed by atoms with E-state index in [1.165, 1.54) is 22.5 Å². The average Bonchev–Trinajstić information content (AvgIpc) is 2.95. The third-order valence-corrected chi connectivity index (χ3v) is 5.97. The van der Waals surface area contributed by atoms with Crippen LogP contribution in [0.2, 0.25) is 4.34 Å². The minimum Gasteiger partial charge on any atom is -0.493 e. The summed E-state index contributed by atoms with van der Waals surface area (Å²) in [6.45, 7) is 0. The van der Waals surface area contributed by atoms with Crippen molar-refractivity contribution in [1.82, 2.24) is 5.32 Å². The molecule has 0 bridgehead atoms. The standard InChI is InChI=1S/C17H16ClNO3S/c1-21-12-5-8-3-4-11-15(9(8)6-13(12)22-2)10-7-14(18)23-16(10)17(20)19-11/h5-7,11,15H,3-4H2,1-2H3,(H,19,20)/t11-,15+/m0/s1. The molecule has 1 N–H and O–H groups in total. The fraction of sp³-hybridized carbons (Fsp3) is 0.353. The first-order valence-electron chi connectivity index (χ1n) is 7.47. The molecule has 0 saturated carbocycles. The Morgan fingerprint density at radius 1 is 1.17 bits per heavy atom. The highest BCUT2D eigenvalue weighted by Gasteiger charge is 2.40. The molecule has 1 aliphatic carbocycles. The molecule has 1 aromatic carbocycles. The number of benzene rings is 1. The Morgan fingerprint density at radius 2 is 1.91 bits per heavy atom. The Hall–Kier alpha value is -1.72. The van der Waals surface area contributed by atoms with Gasteiger partial charge in [0.2, 0.25) is 0 Å². The molecule has 0 fully saturated rings. The van der Waals surface area contributed by atoms with Crippen molar-refractivity contribution in [3.8, 4) is 11.5 Å². The highest BCUT2D eigenvalue weighted by atomic mass is 35.5. The lowest BCUT2D eigenvalue weighted by molar-refractivity contribution is 0.0919. The molecule has 4 nitrogen and oxygen atoms in total. The molecule has 2 aromatic rings. The summed E-state index contributed by atoms with van der Waals surface area (Å²) in [6, 6.07) is 6.13. The topological polar surface area (TPSA) is 47.6 Å². The zero-order valence-corrected chi connectivity index (χ0v) is 14.4. The number of aryl methyl sites for hydroxylation is 1. The summed E-state index contributed by atoms with van der Waals surface area (Å²) in [7, 11) is 3.29. The van der Waals surface area contributed by atoms with Crippen molar-refractivity contribution in [3.05, 3.63) is 44.1 Å². The third-order valence-electron chi connectivity index (χ3n) is 4.70. The summed E-state index contributed by atoms with van der Waals surface area (Å²) in [5.74, 6) is 1.57. The van der Waals surface area contributed by atoms with Crippen LogP contribution in [0.5, 0.6) is 11.5 Å². The quantitative estimate of drug-likeness (QED) is 0.901. The van der Waals surface area contributed by atoms with Crippen molar-refractivity contribution >= 4 is 28.8 Å². The number of nitrogens with one attached hydrogen (secondary N) is 1. The molecule has 2 atom stereocenters. The molecule has 1 aliphatic heterocycles. The summed E-state index contributed by atoms with van der Waals surface area (Å²) >= 11 is 7.52. The summed E-state index contributed by atoms with van der Waals surface area (Å²) in [5, 5.41) is 3.14. The third kappa shape index (κ3) is 2.22. The Bertz CT molecular complexity index is 801. The Morgan fingerprint density at radius 3 is 2.65 bits per heavy atom. The fourth-order valence-electron chi connectivity index (χ4n) is 3.69. The molecule has 1 aromatic heterocycles. The highest BCUT2D eigenvalue weighted by Crippen LogP contribution is 2.47. The van der Waals surface area contributed by atoms with E-state index < -0.39 is 0 Å². The van der Waals surface area contributed by atoms with Gasteiger partial charge in [-0.05, 0) is 47.7 Å². The van der Waals surface area contributed by atoms with Crippen LogP contribution in [0.1, 0.15) is 38.7 Å². The first-order chi connectivity index (χ1) is 11.1. The van der Waals surface area contributed by atoms with Gasteiger partial charge in [0.15, 0.2) is 11.5 Å². The first-order valence-corrected chi connectivity index (χ1v) is 8.66. The Balaban J connectivity index is 1.91.